The molecule has 7 aromatic rings. The number of aryl methyl sites for hydroxylation is 1. The summed E-state index contributed by atoms with van der Waals surface area (Å²) >= 11 is 0. The molecule has 0 aliphatic carbocycles. The summed E-state index contributed by atoms with van der Waals surface area (Å²) in [6, 6.07) is 52.7. The molecule has 0 amide bonds. The quantitative estimate of drug-likeness (QED) is 0.0881. The van der Waals surface area contributed by atoms with Crippen LogP contribution in [0, 0.1) is 0 Å². The number of benzene rings is 7. The summed E-state index contributed by atoms with van der Waals surface area (Å²) in [6.45, 7) is 0.538. The van der Waals surface area contributed by atoms with Crippen molar-refractivity contribution in [1.29, 1.82) is 0 Å². The van der Waals surface area contributed by atoms with Gasteiger partial charge in [-0.05, 0) is 102 Å². The summed E-state index contributed by atoms with van der Waals surface area (Å²) < 4.78 is 82.5. The summed E-state index contributed by atoms with van der Waals surface area (Å²) in [7, 11) is -8.03. The van der Waals surface area contributed by atoms with Gasteiger partial charge in [-0.1, -0.05) is 121 Å². The summed E-state index contributed by atoms with van der Waals surface area (Å²) in [6.07, 6.45) is 1.65. The van der Waals surface area contributed by atoms with Crippen LogP contribution in [0.4, 0.5) is 0 Å². The van der Waals surface area contributed by atoms with Crippen molar-refractivity contribution in [2.45, 2.75) is 66.8 Å². The molecule has 0 unspecified atom stereocenters. The van der Waals surface area contributed by atoms with Gasteiger partial charge in [0.15, 0.2) is 0 Å². The highest BCUT2D eigenvalue weighted by atomic mass is 32.2. The number of aromatic hydroxyl groups is 1. The van der Waals surface area contributed by atoms with Crippen LogP contribution in [0.25, 0.3) is 0 Å². The van der Waals surface area contributed by atoms with Gasteiger partial charge in [0.2, 0.25) is 0 Å². The minimum absolute atomic E-state index is 0.00933. The van der Waals surface area contributed by atoms with Crippen LogP contribution in [-0.4, -0.2) is 28.0 Å². The fourth-order valence-corrected chi connectivity index (χ4v) is 9.55. The van der Waals surface area contributed by atoms with Crippen molar-refractivity contribution in [1.82, 2.24) is 0 Å². The lowest BCUT2D eigenvalue weighted by Gasteiger charge is -2.37. The summed E-state index contributed by atoms with van der Waals surface area (Å²) in [5.74, 6) is 1.22. The van der Waals surface area contributed by atoms with Gasteiger partial charge in [0, 0.05) is 17.7 Å². The normalized spacial score (nSPS) is 16.5. The predicted octanol–water partition coefficient (Wildman–Crippen LogP) is 10.7. The minimum atomic E-state index is -4.04. The Morgan fingerprint density at radius 3 is 1.44 bits per heavy atom. The molecule has 1 saturated heterocycles. The SMILES string of the molecule is O=S(=O)(Oc1ccc(CC[C@H]2C[C@@H](c3c(OCc4ccccc4)cc(O)cc3OCc3ccccc3)C[C@@H](c3ccc(OS(=O)(=O)c4ccccc4)cc3)O2)cc1)c1ccccc1. The standard InChI is InChI=1S/C51H46O10S2/c52-42-33-49(57-35-38-13-5-1-6-14-38)51(50(34-42)58-36-39-15-7-2-8-16-39)41-31-45(28-23-37-21-26-43(27-22-37)60-62(53,54)46-17-9-3-10-18-46)59-48(32-41)40-24-29-44(30-25-40)61-63(55,56)47-19-11-4-12-20-47/h1-22,24-27,29-30,33-34,41,45,48,52H,23,28,31-32,35-36H2/t41-,45+,48+/m1/s1. The van der Waals surface area contributed by atoms with Crippen LogP contribution in [-0.2, 0) is 44.6 Å². The van der Waals surface area contributed by atoms with E-state index >= 15 is 0 Å². The van der Waals surface area contributed by atoms with Crippen molar-refractivity contribution in [3.05, 3.63) is 210 Å². The van der Waals surface area contributed by atoms with E-state index in [9.17, 15) is 21.9 Å². The lowest BCUT2D eigenvalue weighted by molar-refractivity contribution is -0.0634. The van der Waals surface area contributed by atoms with E-state index in [2.05, 4.69) is 0 Å². The van der Waals surface area contributed by atoms with Crippen molar-refractivity contribution in [2.75, 3.05) is 0 Å². The van der Waals surface area contributed by atoms with Crippen LogP contribution in [0.2, 0.25) is 0 Å². The highest BCUT2D eigenvalue weighted by Crippen LogP contribution is 2.49. The Hall–Kier alpha value is -6.60. The number of phenols is 1. The Balaban J connectivity index is 1.08. The maximum absolute atomic E-state index is 13.0. The summed E-state index contributed by atoms with van der Waals surface area (Å²) in [5, 5.41) is 11.0. The second-order valence-electron chi connectivity index (χ2n) is 15.3. The van der Waals surface area contributed by atoms with Gasteiger partial charge >= 0.3 is 20.2 Å². The third-order valence-electron chi connectivity index (χ3n) is 10.8. The Bertz CT molecular complexity index is 2720. The number of hydrogen-bond acceptors (Lipinski definition) is 10. The lowest BCUT2D eigenvalue weighted by Crippen LogP contribution is -2.28. The van der Waals surface area contributed by atoms with E-state index in [1.165, 1.54) is 24.3 Å². The van der Waals surface area contributed by atoms with E-state index in [4.69, 9.17) is 22.6 Å². The predicted molar refractivity (Wildman–Crippen MR) is 239 cm³/mol. The molecule has 3 atom stereocenters. The van der Waals surface area contributed by atoms with Crippen molar-refractivity contribution < 1.29 is 44.5 Å². The minimum Gasteiger partial charge on any atom is -0.508 e. The van der Waals surface area contributed by atoms with Crippen molar-refractivity contribution in [3.63, 3.8) is 0 Å². The van der Waals surface area contributed by atoms with Gasteiger partial charge in [-0.25, -0.2) is 0 Å². The zero-order valence-corrected chi connectivity index (χ0v) is 35.9. The smallest absolute Gasteiger partial charge is 0.339 e. The maximum Gasteiger partial charge on any atom is 0.339 e. The zero-order valence-electron chi connectivity index (χ0n) is 34.2. The third kappa shape index (κ3) is 11.3. The third-order valence-corrected chi connectivity index (χ3v) is 13.3. The molecule has 0 saturated carbocycles. The van der Waals surface area contributed by atoms with Crippen LogP contribution < -0.4 is 17.8 Å². The Morgan fingerprint density at radius 2 is 0.968 bits per heavy atom. The van der Waals surface area contributed by atoms with Crippen molar-refractivity contribution >= 4 is 20.2 Å². The summed E-state index contributed by atoms with van der Waals surface area (Å²) in [5.41, 5.74) is 4.53. The number of hydrogen-bond donors (Lipinski definition) is 1. The van der Waals surface area contributed by atoms with Gasteiger partial charge in [0.05, 0.1) is 12.2 Å². The summed E-state index contributed by atoms with van der Waals surface area (Å²) in [4.78, 5) is 0.127. The van der Waals surface area contributed by atoms with Crippen LogP contribution in [0.5, 0.6) is 28.7 Å². The molecule has 0 radical (unpaired) electrons. The van der Waals surface area contributed by atoms with Crippen LogP contribution in [0.3, 0.4) is 0 Å². The number of ether oxygens (including phenoxy) is 3. The first-order valence-corrected chi connectivity index (χ1v) is 23.4. The fraction of sp³-hybridized carbons (Fsp3) is 0.176. The Kier molecular flexibility index (Phi) is 13.4. The largest absolute Gasteiger partial charge is 0.508 e. The molecule has 1 fully saturated rings. The van der Waals surface area contributed by atoms with Gasteiger partial charge in [-0.2, -0.15) is 16.8 Å². The van der Waals surface area contributed by atoms with Gasteiger partial charge in [-0.3, -0.25) is 0 Å². The monoisotopic (exact) mass is 882 g/mol. The second-order valence-corrected chi connectivity index (χ2v) is 18.4. The van der Waals surface area contributed by atoms with Crippen molar-refractivity contribution in [3.8, 4) is 28.7 Å². The molecule has 1 aliphatic rings. The van der Waals surface area contributed by atoms with E-state index < -0.39 is 26.3 Å². The molecule has 63 heavy (non-hydrogen) atoms. The molecular formula is C51H46O10S2. The average molecular weight is 883 g/mol. The molecule has 10 nitrogen and oxygen atoms in total. The van der Waals surface area contributed by atoms with E-state index in [0.717, 1.165) is 27.8 Å². The fourth-order valence-electron chi connectivity index (χ4n) is 7.65. The maximum atomic E-state index is 13.0. The molecule has 322 valence electrons. The van der Waals surface area contributed by atoms with Gasteiger partial charge in [0.1, 0.15) is 51.8 Å². The average Bonchev–Trinajstić information content (AvgIpc) is 3.31. The molecule has 7 aromatic carbocycles. The molecule has 1 aliphatic heterocycles. The van der Waals surface area contributed by atoms with Crippen LogP contribution >= 0.6 is 0 Å². The van der Waals surface area contributed by atoms with Gasteiger partial charge < -0.3 is 27.7 Å². The number of phenolic OH excluding ortho intramolecular Hbond substituents is 1. The van der Waals surface area contributed by atoms with E-state index in [1.807, 2.05) is 84.9 Å². The van der Waals surface area contributed by atoms with E-state index in [0.29, 0.717) is 37.2 Å². The molecule has 8 rings (SSSR count). The molecule has 12 heteroatoms. The first-order valence-electron chi connectivity index (χ1n) is 20.6. The van der Waals surface area contributed by atoms with E-state index in [-0.39, 0.29) is 52.3 Å². The molecule has 1 heterocycles. The second kappa shape index (κ2) is 19.6. The first-order chi connectivity index (χ1) is 30.6. The highest BCUT2D eigenvalue weighted by Gasteiger charge is 2.35. The molecule has 1 N–H and O–H groups in total. The van der Waals surface area contributed by atoms with Crippen LogP contribution in [0.1, 0.15) is 59.1 Å². The lowest BCUT2D eigenvalue weighted by atomic mass is 9.81. The zero-order chi connectivity index (χ0) is 43.7. The number of rotatable bonds is 17. The van der Waals surface area contributed by atoms with Crippen LogP contribution in [0.15, 0.2) is 192 Å². The Morgan fingerprint density at radius 1 is 0.524 bits per heavy atom. The first kappa shape index (κ1) is 43.1. The van der Waals surface area contributed by atoms with Gasteiger partial charge in [0.25, 0.3) is 0 Å². The Labute approximate surface area is 368 Å². The molecular weight excluding hydrogens is 837 g/mol. The topological polar surface area (TPSA) is 135 Å². The molecule has 0 spiro atoms. The highest BCUT2D eigenvalue weighted by molar-refractivity contribution is 7.87. The molecule has 0 aromatic heterocycles. The van der Waals surface area contributed by atoms with Gasteiger partial charge in [-0.15, -0.1) is 0 Å². The van der Waals surface area contributed by atoms with Crippen molar-refractivity contribution in [2.24, 2.45) is 0 Å². The molecule has 0 bridgehead atoms. The van der Waals surface area contributed by atoms with E-state index in [1.54, 1.807) is 72.8 Å².